The number of hydrogen-bond acceptors (Lipinski definition) is 6. The van der Waals surface area contributed by atoms with Crippen LogP contribution in [0.2, 0.25) is 10.0 Å². The Morgan fingerprint density at radius 1 is 1.12 bits per heavy atom. The van der Waals surface area contributed by atoms with Crippen molar-refractivity contribution in [1.29, 1.82) is 0 Å². The Balaban J connectivity index is 1.72. The van der Waals surface area contributed by atoms with E-state index in [0.717, 1.165) is 11.4 Å². The number of ether oxygens (including phenoxy) is 2. The van der Waals surface area contributed by atoms with E-state index in [-0.39, 0.29) is 24.9 Å². The van der Waals surface area contributed by atoms with Crippen molar-refractivity contribution >= 4 is 40.9 Å². The quantitative estimate of drug-likeness (QED) is 0.308. The molecule has 0 aliphatic carbocycles. The molecule has 8 heteroatoms. The van der Waals surface area contributed by atoms with Crippen LogP contribution in [0.25, 0.3) is 0 Å². The first-order valence-corrected chi connectivity index (χ1v) is 8.87. The van der Waals surface area contributed by atoms with E-state index in [1.165, 1.54) is 11.8 Å². The van der Waals surface area contributed by atoms with Gasteiger partial charge >= 0.3 is 5.97 Å². The smallest absolute Gasteiger partial charge is 0.316 e. The van der Waals surface area contributed by atoms with Gasteiger partial charge in [-0.05, 0) is 32.0 Å². The Hall–Kier alpha value is -1.50. The van der Waals surface area contributed by atoms with Crippen LogP contribution in [0, 0.1) is 13.8 Å². The van der Waals surface area contributed by atoms with Gasteiger partial charge in [-0.15, -0.1) is 0 Å². The molecular weight excluding hydrogens is 371 g/mol. The maximum atomic E-state index is 11.7. The molecule has 0 aliphatic heterocycles. The normalized spacial score (nSPS) is 10.5. The number of para-hydroxylation sites is 1. The summed E-state index contributed by atoms with van der Waals surface area (Å²) in [6, 6.07) is 6.95. The van der Waals surface area contributed by atoms with Crippen molar-refractivity contribution < 1.29 is 14.3 Å². The van der Waals surface area contributed by atoms with Gasteiger partial charge in [-0.25, -0.2) is 9.97 Å². The van der Waals surface area contributed by atoms with E-state index < -0.39 is 0 Å². The first-order valence-electron chi connectivity index (χ1n) is 7.13. The lowest BCUT2D eigenvalue weighted by atomic mass is 10.3. The van der Waals surface area contributed by atoms with E-state index in [0.29, 0.717) is 21.0 Å². The fourth-order valence-corrected chi connectivity index (χ4v) is 3.10. The second-order valence-corrected chi connectivity index (χ2v) is 6.60. The third-order valence-electron chi connectivity index (χ3n) is 2.79. The van der Waals surface area contributed by atoms with Crippen LogP contribution in [0.4, 0.5) is 0 Å². The van der Waals surface area contributed by atoms with Crippen LogP contribution < -0.4 is 4.74 Å². The molecule has 0 saturated carbocycles. The van der Waals surface area contributed by atoms with Crippen LogP contribution in [-0.4, -0.2) is 34.9 Å². The van der Waals surface area contributed by atoms with Gasteiger partial charge in [0.2, 0.25) is 0 Å². The van der Waals surface area contributed by atoms with Gasteiger partial charge in [0, 0.05) is 11.4 Å². The molecule has 5 nitrogen and oxygen atoms in total. The average molecular weight is 387 g/mol. The number of esters is 1. The summed E-state index contributed by atoms with van der Waals surface area (Å²) in [5.41, 5.74) is 1.73. The molecule has 24 heavy (non-hydrogen) atoms. The molecule has 1 heterocycles. The third-order valence-corrected chi connectivity index (χ3v) is 4.21. The number of aryl methyl sites for hydroxylation is 2. The average Bonchev–Trinajstić information content (AvgIpc) is 2.51. The van der Waals surface area contributed by atoms with Crippen molar-refractivity contribution in [1.82, 2.24) is 9.97 Å². The molecule has 0 aliphatic rings. The zero-order valence-electron chi connectivity index (χ0n) is 13.2. The van der Waals surface area contributed by atoms with Gasteiger partial charge in [-0.1, -0.05) is 41.0 Å². The lowest BCUT2D eigenvalue weighted by molar-refractivity contribution is -0.141. The highest BCUT2D eigenvalue weighted by molar-refractivity contribution is 7.99. The number of halogens is 2. The molecule has 1 aromatic carbocycles. The first-order chi connectivity index (χ1) is 11.5. The van der Waals surface area contributed by atoms with Gasteiger partial charge in [-0.3, -0.25) is 4.79 Å². The predicted molar refractivity (Wildman–Crippen MR) is 95.1 cm³/mol. The van der Waals surface area contributed by atoms with Gasteiger partial charge in [0.25, 0.3) is 0 Å². The van der Waals surface area contributed by atoms with E-state index in [1.54, 1.807) is 18.2 Å². The molecule has 0 saturated heterocycles. The Morgan fingerprint density at radius 2 is 1.75 bits per heavy atom. The van der Waals surface area contributed by atoms with E-state index in [2.05, 4.69) is 9.97 Å². The molecule has 0 spiro atoms. The van der Waals surface area contributed by atoms with Crippen molar-refractivity contribution in [3.05, 3.63) is 45.7 Å². The van der Waals surface area contributed by atoms with Crippen molar-refractivity contribution in [2.24, 2.45) is 0 Å². The van der Waals surface area contributed by atoms with Gasteiger partial charge < -0.3 is 9.47 Å². The van der Waals surface area contributed by atoms with E-state index in [9.17, 15) is 4.79 Å². The highest BCUT2D eigenvalue weighted by Crippen LogP contribution is 2.32. The molecule has 1 aromatic heterocycles. The van der Waals surface area contributed by atoms with Crippen LogP contribution in [0.1, 0.15) is 11.4 Å². The Labute approximate surface area is 154 Å². The number of carbonyl (C=O) groups excluding carboxylic acids is 1. The highest BCUT2D eigenvalue weighted by Gasteiger charge is 2.09. The summed E-state index contributed by atoms with van der Waals surface area (Å²) in [5, 5.41) is 1.39. The van der Waals surface area contributed by atoms with E-state index in [4.69, 9.17) is 32.7 Å². The zero-order valence-corrected chi connectivity index (χ0v) is 15.5. The lowest BCUT2D eigenvalue weighted by Gasteiger charge is -2.10. The van der Waals surface area contributed by atoms with Crippen LogP contribution >= 0.6 is 35.0 Å². The summed E-state index contributed by atoms with van der Waals surface area (Å²) in [5.74, 6) is 0.155. The zero-order chi connectivity index (χ0) is 17.5. The number of nitrogens with zero attached hydrogens (tertiary/aromatic N) is 2. The third kappa shape index (κ3) is 5.85. The predicted octanol–water partition coefficient (Wildman–Crippen LogP) is 4.11. The molecule has 2 rings (SSSR count). The summed E-state index contributed by atoms with van der Waals surface area (Å²) in [6.07, 6.45) is 0. The molecule has 0 unspecified atom stereocenters. The molecular formula is C16H16Cl2N2O3S. The number of aromatic nitrogens is 2. The number of rotatable bonds is 7. The molecule has 0 bridgehead atoms. The molecule has 2 aromatic rings. The molecule has 0 radical (unpaired) electrons. The van der Waals surface area contributed by atoms with Crippen molar-refractivity contribution in [3.63, 3.8) is 0 Å². The number of hydrogen-bond donors (Lipinski definition) is 0. The van der Waals surface area contributed by atoms with Crippen LogP contribution in [0.5, 0.6) is 5.75 Å². The summed E-state index contributed by atoms with van der Waals surface area (Å²) in [7, 11) is 0. The maximum absolute atomic E-state index is 11.7. The van der Waals surface area contributed by atoms with Crippen LogP contribution in [0.3, 0.4) is 0 Å². The minimum Gasteiger partial charge on any atom is -0.487 e. The second kappa shape index (κ2) is 9.11. The van der Waals surface area contributed by atoms with Crippen LogP contribution in [-0.2, 0) is 9.53 Å². The highest BCUT2D eigenvalue weighted by atomic mass is 35.5. The Bertz CT molecular complexity index is 688. The van der Waals surface area contributed by atoms with Crippen molar-refractivity contribution in [3.8, 4) is 5.75 Å². The maximum Gasteiger partial charge on any atom is 0.316 e. The first kappa shape index (κ1) is 18.8. The lowest BCUT2D eigenvalue weighted by Crippen LogP contribution is -2.14. The summed E-state index contributed by atoms with van der Waals surface area (Å²) >= 11 is 13.2. The van der Waals surface area contributed by atoms with Crippen molar-refractivity contribution in [2.45, 2.75) is 19.0 Å². The summed E-state index contributed by atoms with van der Waals surface area (Å²) in [6.45, 7) is 4.04. The largest absolute Gasteiger partial charge is 0.487 e. The van der Waals surface area contributed by atoms with E-state index in [1.807, 2.05) is 19.9 Å². The van der Waals surface area contributed by atoms with Gasteiger partial charge in [-0.2, -0.15) is 0 Å². The Morgan fingerprint density at radius 3 is 2.38 bits per heavy atom. The molecule has 0 atom stereocenters. The van der Waals surface area contributed by atoms with Gasteiger partial charge in [0.15, 0.2) is 10.9 Å². The van der Waals surface area contributed by atoms with Crippen molar-refractivity contribution in [2.75, 3.05) is 19.0 Å². The molecule has 0 fully saturated rings. The Kier molecular flexibility index (Phi) is 7.15. The molecule has 0 N–H and O–H groups in total. The minimum atomic E-state index is -0.364. The van der Waals surface area contributed by atoms with Gasteiger partial charge in [0.1, 0.15) is 13.2 Å². The standard InChI is InChI=1S/C16H16Cl2N2O3S/c1-10-8-11(2)20-16(19-10)24-9-14(21)22-6-7-23-15-12(17)4-3-5-13(15)18/h3-5,8H,6-7,9H2,1-2H3. The molecule has 128 valence electrons. The topological polar surface area (TPSA) is 61.3 Å². The van der Waals surface area contributed by atoms with Gasteiger partial charge in [0.05, 0.1) is 15.8 Å². The second-order valence-electron chi connectivity index (χ2n) is 4.84. The minimum absolute atomic E-state index is 0.106. The summed E-state index contributed by atoms with van der Waals surface area (Å²) < 4.78 is 10.5. The van der Waals surface area contributed by atoms with Crippen LogP contribution in [0.15, 0.2) is 29.4 Å². The SMILES string of the molecule is Cc1cc(C)nc(SCC(=O)OCCOc2c(Cl)cccc2Cl)n1. The van der Waals surface area contributed by atoms with E-state index >= 15 is 0 Å². The number of carbonyl (C=O) groups is 1. The fraction of sp³-hybridized carbons (Fsp3) is 0.312. The monoisotopic (exact) mass is 386 g/mol. The number of thioether (sulfide) groups is 1. The summed E-state index contributed by atoms with van der Waals surface area (Å²) in [4.78, 5) is 20.2. The fourth-order valence-electron chi connectivity index (χ4n) is 1.84. The number of benzene rings is 1. The molecule has 0 amide bonds.